The Kier molecular flexibility index (Phi) is 5.00. The van der Waals surface area contributed by atoms with E-state index in [2.05, 4.69) is 10.3 Å². The molecule has 3 aromatic rings. The fourth-order valence-electron chi connectivity index (χ4n) is 2.31. The van der Waals surface area contributed by atoms with Gasteiger partial charge in [0.05, 0.1) is 17.7 Å². The van der Waals surface area contributed by atoms with E-state index in [9.17, 15) is 15.2 Å². The molecule has 0 aliphatic rings. The average molecular weight is 340 g/mol. The summed E-state index contributed by atoms with van der Waals surface area (Å²) in [6, 6.07) is 15.6. The lowest BCUT2D eigenvalue weighted by Gasteiger charge is -2.12. The summed E-state index contributed by atoms with van der Waals surface area (Å²) in [6.07, 6.45) is 0.842. The van der Waals surface area contributed by atoms with Gasteiger partial charge in [-0.05, 0) is 6.07 Å². The minimum atomic E-state index is -0.884. The molecule has 0 radical (unpaired) electrons. The van der Waals surface area contributed by atoms with E-state index in [0.29, 0.717) is 5.69 Å². The molecule has 1 N–H and O–H groups in total. The zero-order valence-corrected chi connectivity index (χ0v) is 13.2. The Morgan fingerprint density at radius 3 is 2.64 bits per heavy atom. The molecule has 0 saturated heterocycles. The monoisotopic (exact) mass is 340 g/mol. The second-order valence-electron chi connectivity index (χ2n) is 5.38. The minimum absolute atomic E-state index is 0.0919. The standard InChI is InChI=1S/C17H16N4O4/c22-14(12-25-17-9-5-4-8-16(17)21(23)24)10-20-11-15(18-19-20)13-6-2-1-3-7-13/h1-9,11,14,22H,10,12H2. The van der Waals surface area contributed by atoms with Crippen LogP contribution >= 0.6 is 0 Å². The van der Waals surface area contributed by atoms with E-state index < -0.39 is 11.0 Å². The number of aliphatic hydroxyl groups excluding tert-OH is 1. The van der Waals surface area contributed by atoms with Crippen molar-refractivity contribution in [2.45, 2.75) is 12.6 Å². The highest BCUT2D eigenvalue weighted by Crippen LogP contribution is 2.25. The maximum atomic E-state index is 10.9. The number of hydrogen-bond acceptors (Lipinski definition) is 6. The van der Waals surface area contributed by atoms with Crippen LogP contribution in [-0.4, -0.2) is 37.7 Å². The quantitative estimate of drug-likeness (QED) is 0.523. The van der Waals surface area contributed by atoms with E-state index in [0.717, 1.165) is 5.56 Å². The summed E-state index contributed by atoms with van der Waals surface area (Å²) in [5.74, 6) is 0.120. The number of benzene rings is 2. The Labute approximate surface area is 143 Å². The molecule has 0 aliphatic carbocycles. The predicted octanol–water partition coefficient (Wildman–Crippen LogP) is 2.29. The van der Waals surface area contributed by atoms with Gasteiger partial charge in [0.1, 0.15) is 18.4 Å². The van der Waals surface area contributed by atoms with Crippen LogP contribution in [0.15, 0.2) is 60.8 Å². The molecular weight excluding hydrogens is 324 g/mol. The molecule has 1 atom stereocenters. The lowest BCUT2D eigenvalue weighted by atomic mass is 10.2. The van der Waals surface area contributed by atoms with E-state index in [1.165, 1.54) is 16.8 Å². The van der Waals surface area contributed by atoms with E-state index in [-0.39, 0.29) is 24.6 Å². The first-order valence-corrected chi connectivity index (χ1v) is 7.63. The second kappa shape index (κ2) is 7.54. The van der Waals surface area contributed by atoms with Gasteiger partial charge in [-0.1, -0.05) is 47.7 Å². The first-order chi connectivity index (χ1) is 12.1. The first kappa shape index (κ1) is 16.6. The molecule has 0 aliphatic heterocycles. The van der Waals surface area contributed by atoms with Crippen molar-refractivity contribution in [3.05, 3.63) is 70.9 Å². The van der Waals surface area contributed by atoms with E-state index in [1.54, 1.807) is 18.3 Å². The molecular formula is C17H16N4O4. The molecule has 128 valence electrons. The third kappa shape index (κ3) is 4.18. The van der Waals surface area contributed by atoms with Crippen molar-refractivity contribution in [3.63, 3.8) is 0 Å². The van der Waals surface area contributed by atoms with Gasteiger partial charge in [-0.15, -0.1) is 5.10 Å². The number of para-hydroxylation sites is 2. The molecule has 8 heteroatoms. The van der Waals surface area contributed by atoms with Crippen molar-refractivity contribution in [3.8, 4) is 17.0 Å². The van der Waals surface area contributed by atoms with Crippen molar-refractivity contribution in [2.75, 3.05) is 6.61 Å². The molecule has 1 heterocycles. The van der Waals surface area contributed by atoms with Crippen LogP contribution < -0.4 is 4.74 Å². The normalized spacial score (nSPS) is 11.9. The van der Waals surface area contributed by atoms with Crippen LogP contribution in [0.1, 0.15) is 0 Å². The number of hydrogen-bond donors (Lipinski definition) is 1. The summed E-state index contributed by atoms with van der Waals surface area (Å²) in [6.45, 7) is 0.0752. The van der Waals surface area contributed by atoms with Gasteiger partial charge in [0.2, 0.25) is 0 Å². The summed E-state index contributed by atoms with van der Waals surface area (Å²) < 4.78 is 6.88. The van der Waals surface area contributed by atoms with Gasteiger partial charge >= 0.3 is 5.69 Å². The van der Waals surface area contributed by atoms with E-state index in [4.69, 9.17) is 4.74 Å². The van der Waals surface area contributed by atoms with E-state index in [1.807, 2.05) is 30.3 Å². The molecule has 0 bridgehead atoms. The number of rotatable bonds is 7. The van der Waals surface area contributed by atoms with Gasteiger partial charge in [0, 0.05) is 11.6 Å². The van der Waals surface area contributed by atoms with Gasteiger partial charge < -0.3 is 9.84 Å². The molecule has 0 fully saturated rings. The van der Waals surface area contributed by atoms with Crippen LogP contribution in [0.3, 0.4) is 0 Å². The lowest BCUT2D eigenvalue weighted by molar-refractivity contribution is -0.385. The summed E-state index contributed by atoms with van der Waals surface area (Å²) >= 11 is 0. The Hall–Kier alpha value is -3.26. The lowest BCUT2D eigenvalue weighted by Crippen LogP contribution is -2.24. The number of nitrogens with zero attached hydrogens (tertiary/aromatic N) is 4. The van der Waals surface area contributed by atoms with E-state index >= 15 is 0 Å². The highest BCUT2D eigenvalue weighted by molar-refractivity contribution is 5.57. The first-order valence-electron chi connectivity index (χ1n) is 7.63. The van der Waals surface area contributed by atoms with Gasteiger partial charge in [-0.3, -0.25) is 10.1 Å². The van der Waals surface area contributed by atoms with Crippen molar-refractivity contribution in [1.29, 1.82) is 0 Å². The van der Waals surface area contributed by atoms with Crippen LogP contribution in [0.4, 0.5) is 5.69 Å². The summed E-state index contributed by atoms with van der Waals surface area (Å²) in [5, 5.41) is 29.1. The highest BCUT2D eigenvalue weighted by atomic mass is 16.6. The summed E-state index contributed by atoms with van der Waals surface area (Å²) in [4.78, 5) is 10.4. The van der Waals surface area contributed by atoms with Crippen LogP contribution in [0.5, 0.6) is 5.75 Å². The smallest absolute Gasteiger partial charge is 0.310 e. The summed E-state index contributed by atoms with van der Waals surface area (Å²) in [7, 11) is 0. The fraction of sp³-hybridized carbons (Fsp3) is 0.176. The third-order valence-corrected chi connectivity index (χ3v) is 3.50. The Bertz CT molecular complexity index is 851. The van der Waals surface area contributed by atoms with Crippen LogP contribution in [0.25, 0.3) is 11.3 Å². The fourth-order valence-corrected chi connectivity index (χ4v) is 2.31. The Morgan fingerprint density at radius 2 is 1.88 bits per heavy atom. The number of aliphatic hydroxyl groups is 1. The third-order valence-electron chi connectivity index (χ3n) is 3.50. The van der Waals surface area contributed by atoms with Crippen LogP contribution in [-0.2, 0) is 6.54 Å². The molecule has 8 nitrogen and oxygen atoms in total. The van der Waals surface area contributed by atoms with Gasteiger partial charge in [0.25, 0.3) is 0 Å². The van der Waals surface area contributed by atoms with Gasteiger partial charge in [0.15, 0.2) is 5.75 Å². The zero-order valence-electron chi connectivity index (χ0n) is 13.2. The number of ether oxygens (including phenoxy) is 1. The van der Waals surface area contributed by atoms with Gasteiger partial charge in [-0.25, -0.2) is 4.68 Å². The summed E-state index contributed by atoms with van der Waals surface area (Å²) in [5.41, 5.74) is 1.49. The molecule has 1 aromatic heterocycles. The van der Waals surface area contributed by atoms with Crippen LogP contribution in [0.2, 0.25) is 0 Å². The number of nitro benzene ring substituents is 1. The molecule has 0 amide bonds. The maximum absolute atomic E-state index is 10.9. The van der Waals surface area contributed by atoms with Crippen molar-refractivity contribution in [1.82, 2.24) is 15.0 Å². The average Bonchev–Trinajstić information content (AvgIpc) is 3.09. The van der Waals surface area contributed by atoms with Crippen molar-refractivity contribution in [2.24, 2.45) is 0 Å². The Balaban J connectivity index is 1.59. The molecule has 0 spiro atoms. The number of nitro groups is 1. The molecule has 0 saturated carbocycles. The predicted molar refractivity (Wildman–Crippen MR) is 90.1 cm³/mol. The second-order valence-corrected chi connectivity index (χ2v) is 5.38. The van der Waals surface area contributed by atoms with Crippen molar-refractivity contribution < 1.29 is 14.8 Å². The molecule has 3 rings (SSSR count). The largest absolute Gasteiger partial charge is 0.484 e. The Morgan fingerprint density at radius 1 is 1.16 bits per heavy atom. The topological polar surface area (TPSA) is 103 Å². The number of aromatic nitrogens is 3. The highest BCUT2D eigenvalue weighted by Gasteiger charge is 2.16. The maximum Gasteiger partial charge on any atom is 0.310 e. The van der Waals surface area contributed by atoms with Crippen LogP contribution in [0, 0.1) is 10.1 Å². The minimum Gasteiger partial charge on any atom is -0.484 e. The molecule has 2 aromatic carbocycles. The molecule has 1 unspecified atom stereocenters. The zero-order chi connectivity index (χ0) is 17.6. The molecule has 25 heavy (non-hydrogen) atoms. The van der Waals surface area contributed by atoms with Gasteiger partial charge in [-0.2, -0.15) is 0 Å². The SMILES string of the molecule is O=[N+]([O-])c1ccccc1OCC(O)Cn1cc(-c2ccccc2)nn1. The van der Waals surface area contributed by atoms with Crippen molar-refractivity contribution >= 4 is 5.69 Å².